The van der Waals surface area contributed by atoms with Crippen LogP contribution in [0.3, 0.4) is 0 Å². The molecular formula is C13H25N3O4. The highest BCUT2D eigenvalue weighted by Gasteiger charge is 2.23. The molecule has 0 aromatic carbocycles. The first-order valence-corrected chi connectivity index (χ1v) is 7.05. The van der Waals surface area contributed by atoms with Gasteiger partial charge in [-0.05, 0) is 25.9 Å². The van der Waals surface area contributed by atoms with Crippen molar-refractivity contribution >= 4 is 12.0 Å². The third kappa shape index (κ3) is 5.75. The minimum Gasteiger partial charge on any atom is -0.480 e. The van der Waals surface area contributed by atoms with Crippen LogP contribution >= 0.6 is 0 Å². The van der Waals surface area contributed by atoms with Crippen LogP contribution in [0.1, 0.15) is 19.8 Å². The molecule has 20 heavy (non-hydrogen) atoms. The summed E-state index contributed by atoms with van der Waals surface area (Å²) in [5.41, 5.74) is 0. The molecule has 1 heterocycles. The number of likely N-dealkylation sites (N-methyl/N-ethyl adjacent to an activating group) is 1. The fourth-order valence-corrected chi connectivity index (χ4v) is 2.34. The molecule has 1 aliphatic rings. The van der Waals surface area contributed by atoms with Crippen LogP contribution in [0, 0.1) is 0 Å². The van der Waals surface area contributed by atoms with Crippen LogP contribution in [0.15, 0.2) is 0 Å². The standard InChI is InChI=1S/C13H25N3O4/c1-3-15-6-4-5-11(9-15)14-13(19)16(7-8-20-2)10-12(17)18/h11H,3-10H2,1-2H3,(H,14,19)(H,17,18). The minimum absolute atomic E-state index is 0.0926. The molecule has 0 aliphatic carbocycles. The first-order chi connectivity index (χ1) is 9.56. The summed E-state index contributed by atoms with van der Waals surface area (Å²) in [5.74, 6) is -1.02. The Bertz CT molecular complexity index is 325. The number of rotatable bonds is 7. The Balaban J connectivity index is 2.49. The van der Waals surface area contributed by atoms with Crippen LogP contribution < -0.4 is 5.32 Å². The molecule has 1 saturated heterocycles. The van der Waals surface area contributed by atoms with Crippen molar-refractivity contribution in [1.82, 2.24) is 15.1 Å². The summed E-state index contributed by atoms with van der Waals surface area (Å²) in [4.78, 5) is 26.5. The minimum atomic E-state index is -1.02. The summed E-state index contributed by atoms with van der Waals surface area (Å²) in [6.45, 7) is 5.25. The molecule has 2 amide bonds. The van der Waals surface area contributed by atoms with Crippen molar-refractivity contribution in [1.29, 1.82) is 0 Å². The Morgan fingerprint density at radius 2 is 2.25 bits per heavy atom. The van der Waals surface area contributed by atoms with Crippen LogP contribution in [-0.4, -0.2) is 79.4 Å². The van der Waals surface area contributed by atoms with E-state index in [1.54, 1.807) is 0 Å². The number of urea groups is 1. The first-order valence-electron chi connectivity index (χ1n) is 7.05. The van der Waals surface area contributed by atoms with Gasteiger partial charge in [-0.25, -0.2) is 4.79 Å². The van der Waals surface area contributed by atoms with Crippen molar-refractivity contribution in [3.05, 3.63) is 0 Å². The number of amides is 2. The van der Waals surface area contributed by atoms with E-state index in [4.69, 9.17) is 9.84 Å². The predicted octanol–water partition coefficient (Wildman–Crippen LogP) is 0.213. The van der Waals surface area contributed by atoms with E-state index in [1.165, 1.54) is 12.0 Å². The lowest BCUT2D eigenvalue weighted by Gasteiger charge is -2.33. The molecule has 0 saturated carbocycles. The number of aliphatic carboxylic acids is 1. The maximum Gasteiger partial charge on any atom is 0.323 e. The maximum absolute atomic E-state index is 12.1. The number of hydrogen-bond donors (Lipinski definition) is 2. The highest BCUT2D eigenvalue weighted by molar-refractivity contribution is 5.80. The lowest BCUT2D eigenvalue weighted by molar-refractivity contribution is -0.137. The van der Waals surface area contributed by atoms with E-state index >= 15 is 0 Å². The number of hydrogen-bond acceptors (Lipinski definition) is 4. The molecule has 0 aromatic rings. The molecule has 0 aromatic heterocycles. The van der Waals surface area contributed by atoms with Crippen molar-refractivity contribution in [2.45, 2.75) is 25.8 Å². The van der Waals surface area contributed by atoms with Crippen LogP contribution in [-0.2, 0) is 9.53 Å². The van der Waals surface area contributed by atoms with Crippen molar-refractivity contribution < 1.29 is 19.4 Å². The summed E-state index contributed by atoms with van der Waals surface area (Å²) in [5, 5.41) is 11.8. The lowest BCUT2D eigenvalue weighted by atomic mass is 10.1. The third-order valence-corrected chi connectivity index (χ3v) is 3.46. The normalized spacial score (nSPS) is 19.6. The van der Waals surface area contributed by atoms with Gasteiger partial charge in [0.05, 0.1) is 6.61 Å². The van der Waals surface area contributed by atoms with Gasteiger partial charge in [-0.15, -0.1) is 0 Å². The summed E-state index contributed by atoms with van der Waals surface area (Å²) in [6.07, 6.45) is 1.99. The Hall–Kier alpha value is -1.34. The van der Waals surface area contributed by atoms with Crippen LogP contribution in [0.5, 0.6) is 0 Å². The van der Waals surface area contributed by atoms with Crippen LogP contribution in [0.2, 0.25) is 0 Å². The lowest BCUT2D eigenvalue weighted by Crippen LogP contribution is -2.52. The largest absolute Gasteiger partial charge is 0.480 e. The Morgan fingerprint density at radius 1 is 1.50 bits per heavy atom. The van der Waals surface area contributed by atoms with E-state index in [0.717, 1.165) is 32.5 Å². The quantitative estimate of drug-likeness (QED) is 0.699. The molecule has 1 aliphatic heterocycles. The smallest absolute Gasteiger partial charge is 0.323 e. The topological polar surface area (TPSA) is 82.1 Å². The van der Waals surface area contributed by atoms with Gasteiger partial charge in [-0.3, -0.25) is 4.79 Å². The molecule has 7 nitrogen and oxygen atoms in total. The number of piperidine rings is 1. The van der Waals surface area contributed by atoms with Gasteiger partial charge < -0.3 is 25.0 Å². The number of carbonyl (C=O) groups excluding carboxylic acids is 1. The highest BCUT2D eigenvalue weighted by Crippen LogP contribution is 2.09. The number of carboxylic acid groups (broad SMARTS) is 1. The van der Waals surface area contributed by atoms with Gasteiger partial charge >= 0.3 is 12.0 Å². The Kier molecular flexibility index (Phi) is 7.32. The molecule has 0 spiro atoms. The number of likely N-dealkylation sites (tertiary alicyclic amines) is 1. The van der Waals surface area contributed by atoms with Crippen LogP contribution in [0.4, 0.5) is 4.79 Å². The monoisotopic (exact) mass is 287 g/mol. The van der Waals surface area contributed by atoms with E-state index in [9.17, 15) is 9.59 Å². The van der Waals surface area contributed by atoms with Gasteiger partial charge in [0.15, 0.2) is 0 Å². The van der Waals surface area contributed by atoms with Crippen molar-refractivity contribution in [2.24, 2.45) is 0 Å². The first kappa shape index (κ1) is 16.7. The number of ether oxygens (including phenoxy) is 1. The SMILES string of the molecule is CCN1CCCC(NC(=O)N(CCOC)CC(=O)O)C1. The van der Waals surface area contributed by atoms with Gasteiger partial charge in [0.25, 0.3) is 0 Å². The number of nitrogens with zero attached hydrogens (tertiary/aromatic N) is 2. The fourth-order valence-electron chi connectivity index (χ4n) is 2.34. The second kappa shape index (κ2) is 8.76. The Labute approximate surface area is 119 Å². The number of methoxy groups -OCH3 is 1. The van der Waals surface area contributed by atoms with E-state index < -0.39 is 5.97 Å². The highest BCUT2D eigenvalue weighted by atomic mass is 16.5. The number of nitrogens with one attached hydrogen (secondary N) is 1. The predicted molar refractivity (Wildman–Crippen MR) is 74.8 cm³/mol. The summed E-state index contributed by atoms with van der Waals surface area (Å²) < 4.78 is 4.91. The molecule has 1 atom stereocenters. The zero-order valence-corrected chi connectivity index (χ0v) is 12.3. The molecule has 1 unspecified atom stereocenters. The fraction of sp³-hybridized carbons (Fsp3) is 0.846. The zero-order valence-electron chi connectivity index (χ0n) is 12.3. The van der Waals surface area contributed by atoms with E-state index in [-0.39, 0.29) is 25.2 Å². The molecule has 0 radical (unpaired) electrons. The van der Waals surface area contributed by atoms with Crippen molar-refractivity contribution in [3.8, 4) is 0 Å². The van der Waals surface area contributed by atoms with E-state index in [0.29, 0.717) is 6.61 Å². The number of carbonyl (C=O) groups is 2. The molecule has 1 rings (SSSR count). The molecule has 1 fully saturated rings. The summed E-state index contributed by atoms with van der Waals surface area (Å²) in [7, 11) is 1.52. The van der Waals surface area contributed by atoms with Crippen molar-refractivity contribution in [3.63, 3.8) is 0 Å². The van der Waals surface area contributed by atoms with E-state index in [1.807, 2.05) is 0 Å². The third-order valence-electron chi connectivity index (χ3n) is 3.46. The van der Waals surface area contributed by atoms with Gasteiger partial charge in [-0.2, -0.15) is 0 Å². The molecular weight excluding hydrogens is 262 g/mol. The molecule has 116 valence electrons. The average Bonchev–Trinajstić information content (AvgIpc) is 2.43. The molecule has 7 heteroatoms. The second-order valence-corrected chi connectivity index (χ2v) is 4.99. The van der Waals surface area contributed by atoms with Gasteiger partial charge in [0.1, 0.15) is 6.54 Å². The summed E-state index contributed by atoms with van der Waals surface area (Å²) in [6, 6.07) is -0.234. The number of carboxylic acids is 1. The van der Waals surface area contributed by atoms with Gasteiger partial charge in [-0.1, -0.05) is 6.92 Å². The van der Waals surface area contributed by atoms with Crippen LogP contribution in [0.25, 0.3) is 0 Å². The van der Waals surface area contributed by atoms with Gasteiger partial charge in [0, 0.05) is 26.2 Å². The van der Waals surface area contributed by atoms with Gasteiger partial charge in [0.2, 0.25) is 0 Å². The molecule has 2 N–H and O–H groups in total. The average molecular weight is 287 g/mol. The van der Waals surface area contributed by atoms with Crippen molar-refractivity contribution in [2.75, 3.05) is 46.4 Å². The second-order valence-electron chi connectivity index (χ2n) is 4.99. The Morgan fingerprint density at radius 3 is 2.85 bits per heavy atom. The zero-order chi connectivity index (χ0) is 15.0. The maximum atomic E-state index is 12.1. The van der Waals surface area contributed by atoms with E-state index in [2.05, 4.69) is 17.1 Å². The summed E-state index contributed by atoms with van der Waals surface area (Å²) >= 11 is 0. The molecule has 0 bridgehead atoms.